The van der Waals surface area contributed by atoms with Crippen molar-refractivity contribution in [1.82, 2.24) is 4.98 Å². The quantitative estimate of drug-likeness (QED) is 0.855. The van der Waals surface area contributed by atoms with Crippen molar-refractivity contribution in [3.8, 4) is 17.1 Å². The summed E-state index contributed by atoms with van der Waals surface area (Å²) in [5, 5.41) is 3.36. The lowest BCUT2D eigenvalue weighted by atomic mass is 10.1. The number of ether oxygens (including phenoxy) is 1. The molecule has 0 saturated heterocycles. The van der Waals surface area contributed by atoms with Crippen LogP contribution in [0.15, 0.2) is 36.4 Å². The molecule has 1 aromatic carbocycles. The summed E-state index contributed by atoms with van der Waals surface area (Å²) in [5.74, 6) is 0.654. The number of nitrogens with zero attached hydrogens (tertiary/aromatic N) is 1. The third-order valence-corrected chi connectivity index (χ3v) is 3.04. The molecular formula is C14H14N2O. The van der Waals surface area contributed by atoms with Gasteiger partial charge in [-0.3, -0.25) is 0 Å². The summed E-state index contributed by atoms with van der Waals surface area (Å²) in [5.41, 5.74) is 4.72. The normalized spacial score (nSPS) is 13.0. The second-order valence-corrected chi connectivity index (χ2v) is 4.11. The molecule has 0 spiro atoms. The molecule has 0 unspecified atom stereocenters. The SMILES string of the molecule is COc1cccc(-c2ccc3c(c2)CCN3)n1. The molecule has 3 heteroatoms. The van der Waals surface area contributed by atoms with Crippen LogP contribution in [0.2, 0.25) is 0 Å². The molecule has 3 nitrogen and oxygen atoms in total. The van der Waals surface area contributed by atoms with E-state index in [1.54, 1.807) is 7.11 Å². The topological polar surface area (TPSA) is 34.1 Å². The number of methoxy groups -OCH3 is 1. The van der Waals surface area contributed by atoms with E-state index in [0.29, 0.717) is 5.88 Å². The Labute approximate surface area is 100 Å². The number of hydrogen-bond donors (Lipinski definition) is 1. The molecular weight excluding hydrogens is 212 g/mol. The zero-order chi connectivity index (χ0) is 11.7. The van der Waals surface area contributed by atoms with E-state index in [1.807, 2.05) is 18.2 Å². The van der Waals surface area contributed by atoms with Gasteiger partial charge in [-0.25, -0.2) is 4.98 Å². The molecule has 1 N–H and O–H groups in total. The Hall–Kier alpha value is -2.03. The molecule has 1 aliphatic rings. The first-order valence-corrected chi connectivity index (χ1v) is 5.75. The number of hydrogen-bond acceptors (Lipinski definition) is 3. The smallest absolute Gasteiger partial charge is 0.213 e. The number of fused-ring (bicyclic) bond motifs is 1. The van der Waals surface area contributed by atoms with Gasteiger partial charge in [-0.15, -0.1) is 0 Å². The lowest BCUT2D eigenvalue weighted by molar-refractivity contribution is 0.398. The minimum atomic E-state index is 0.654. The van der Waals surface area contributed by atoms with Crippen molar-refractivity contribution in [1.29, 1.82) is 0 Å². The van der Waals surface area contributed by atoms with Crippen LogP contribution in [-0.2, 0) is 6.42 Å². The number of rotatable bonds is 2. The van der Waals surface area contributed by atoms with E-state index >= 15 is 0 Å². The summed E-state index contributed by atoms with van der Waals surface area (Å²) >= 11 is 0. The summed E-state index contributed by atoms with van der Waals surface area (Å²) in [7, 11) is 1.64. The van der Waals surface area contributed by atoms with E-state index in [1.165, 1.54) is 11.3 Å². The predicted octanol–water partition coefficient (Wildman–Crippen LogP) is 2.73. The lowest BCUT2D eigenvalue weighted by Gasteiger charge is -2.06. The molecule has 0 fully saturated rings. The maximum atomic E-state index is 5.15. The minimum absolute atomic E-state index is 0.654. The second-order valence-electron chi connectivity index (χ2n) is 4.11. The molecule has 1 aliphatic heterocycles. The number of pyridine rings is 1. The maximum absolute atomic E-state index is 5.15. The molecule has 0 aliphatic carbocycles. The van der Waals surface area contributed by atoms with E-state index in [9.17, 15) is 0 Å². The van der Waals surface area contributed by atoms with Gasteiger partial charge in [-0.1, -0.05) is 12.1 Å². The van der Waals surface area contributed by atoms with Crippen molar-refractivity contribution in [3.63, 3.8) is 0 Å². The van der Waals surface area contributed by atoms with Crippen molar-refractivity contribution >= 4 is 5.69 Å². The fourth-order valence-electron chi connectivity index (χ4n) is 2.15. The van der Waals surface area contributed by atoms with Gasteiger partial charge in [-0.05, 0) is 30.2 Å². The van der Waals surface area contributed by atoms with Crippen LogP contribution >= 0.6 is 0 Å². The van der Waals surface area contributed by atoms with Crippen molar-refractivity contribution in [2.45, 2.75) is 6.42 Å². The molecule has 0 saturated carbocycles. The first kappa shape index (κ1) is 10.1. The van der Waals surface area contributed by atoms with Gasteiger partial charge in [0.25, 0.3) is 0 Å². The van der Waals surface area contributed by atoms with Crippen LogP contribution in [0.5, 0.6) is 5.88 Å². The van der Waals surface area contributed by atoms with Crippen LogP contribution in [0.1, 0.15) is 5.56 Å². The molecule has 2 aromatic rings. The summed E-state index contributed by atoms with van der Waals surface area (Å²) in [6.07, 6.45) is 1.09. The first-order chi connectivity index (χ1) is 8.36. The minimum Gasteiger partial charge on any atom is -0.481 e. The number of aromatic nitrogens is 1. The van der Waals surface area contributed by atoms with Crippen LogP contribution in [0.4, 0.5) is 5.69 Å². The molecule has 0 bridgehead atoms. The van der Waals surface area contributed by atoms with Crippen LogP contribution in [0, 0.1) is 0 Å². The Bertz CT molecular complexity index is 552. The monoisotopic (exact) mass is 226 g/mol. The van der Waals surface area contributed by atoms with E-state index in [-0.39, 0.29) is 0 Å². The van der Waals surface area contributed by atoms with Gasteiger partial charge < -0.3 is 10.1 Å². The van der Waals surface area contributed by atoms with Crippen LogP contribution in [0.25, 0.3) is 11.3 Å². The number of benzene rings is 1. The number of anilines is 1. The summed E-state index contributed by atoms with van der Waals surface area (Å²) < 4.78 is 5.15. The van der Waals surface area contributed by atoms with E-state index in [2.05, 4.69) is 28.5 Å². The first-order valence-electron chi connectivity index (χ1n) is 5.75. The Morgan fingerprint density at radius 3 is 3.06 bits per heavy atom. The molecule has 3 rings (SSSR count). The third-order valence-electron chi connectivity index (χ3n) is 3.04. The average molecular weight is 226 g/mol. The summed E-state index contributed by atoms with van der Waals surface area (Å²) in [6.45, 7) is 1.03. The van der Waals surface area contributed by atoms with Gasteiger partial charge in [0.2, 0.25) is 5.88 Å². The third kappa shape index (κ3) is 1.84. The molecule has 0 amide bonds. The Morgan fingerprint density at radius 1 is 1.24 bits per heavy atom. The largest absolute Gasteiger partial charge is 0.481 e. The Balaban J connectivity index is 2.03. The molecule has 86 valence electrons. The highest BCUT2D eigenvalue weighted by Crippen LogP contribution is 2.28. The Kier molecular flexibility index (Phi) is 2.44. The highest BCUT2D eigenvalue weighted by molar-refractivity contribution is 5.67. The Morgan fingerprint density at radius 2 is 2.18 bits per heavy atom. The van der Waals surface area contributed by atoms with Crippen molar-refractivity contribution in [2.75, 3.05) is 19.0 Å². The molecule has 0 radical (unpaired) electrons. The molecule has 1 aromatic heterocycles. The lowest BCUT2D eigenvalue weighted by Crippen LogP contribution is -1.91. The number of nitrogens with one attached hydrogen (secondary N) is 1. The van der Waals surface area contributed by atoms with Crippen LogP contribution in [-0.4, -0.2) is 18.6 Å². The molecule has 17 heavy (non-hydrogen) atoms. The zero-order valence-electron chi connectivity index (χ0n) is 9.73. The molecule has 0 atom stereocenters. The fraction of sp³-hybridized carbons (Fsp3) is 0.214. The van der Waals surface area contributed by atoms with Gasteiger partial charge in [0.05, 0.1) is 12.8 Å². The summed E-state index contributed by atoms with van der Waals surface area (Å²) in [4.78, 5) is 4.44. The van der Waals surface area contributed by atoms with E-state index in [4.69, 9.17) is 4.74 Å². The van der Waals surface area contributed by atoms with Gasteiger partial charge in [0.15, 0.2) is 0 Å². The van der Waals surface area contributed by atoms with Gasteiger partial charge >= 0.3 is 0 Å². The van der Waals surface area contributed by atoms with Crippen LogP contribution in [0.3, 0.4) is 0 Å². The second kappa shape index (κ2) is 4.09. The summed E-state index contributed by atoms with van der Waals surface area (Å²) in [6, 6.07) is 12.3. The highest BCUT2D eigenvalue weighted by Gasteiger charge is 2.11. The standard InChI is InChI=1S/C14H14N2O/c1-17-14-4-2-3-13(16-14)10-5-6-12-11(9-10)7-8-15-12/h2-6,9,15H,7-8H2,1H3. The fourth-order valence-corrected chi connectivity index (χ4v) is 2.15. The van der Waals surface area contributed by atoms with Crippen molar-refractivity contribution in [2.24, 2.45) is 0 Å². The highest BCUT2D eigenvalue weighted by atomic mass is 16.5. The van der Waals surface area contributed by atoms with Gasteiger partial charge in [0, 0.05) is 23.9 Å². The van der Waals surface area contributed by atoms with E-state index < -0.39 is 0 Å². The zero-order valence-corrected chi connectivity index (χ0v) is 9.73. The van der Waals surface area contributed by atoms with Gasteiger partial charge in [0.1, 0.15) is 0 Å². The van der Waals surface area contributed by atoms with Crippen molar-refractivity contribution in [3.05, 3.63) is 42.0 Å². The maximum Gasteiger partial charge on any atom is 0.213 e. The van der Waals surface area contributed by atoms with Crippen LogP contribution < -0.4 is 10.1 Å². The predicted molar refractivity (Wildman–Crippen MR) is 68.4 cm³/mol. The van der Waals surface area contributed by atoms with Gasteiger partial charge in [-0.2, -0.15) is 0 Å². The molecule has 2 heterocycles. The average Bonchev–Trinajstić information content (AvgIpc) is 2.86. The van der Waals surface area contributed by atoms with E-state index in [0.717, 1.165) is 24.2 Å². The van der Waals surface area contributed by atoms with Crippen molar-refractivity contribution < 1.29 is 4.74 Å².